The number of hydrogen-bond donors (Lipinski definition) is 3. The Labute approximate surface area is 149 Å². The fraction of sp³-hybridized carbons (Fsp3) is 0.278. The van der Waals surface area contributed by atoms with Gasteiger partial charge >= 0.3 is 0 Å². The summed E-state index contributed by atoms with van der Waals surface area (Å²) in [5.41, 5.74) is 1.86. The molecule has 2 heterocycles. The van der Waals surface area contributed by atoms with Crippen molar-refractivity contribution < 1.29 is 9.59 Å². The Morgan fingerprint density at radius 1 is 1.27 bits per heavy atom. The zero-order chi connectivity index (χ0) is 18.1. The summed E-state index contributed by atoms with van der Waals surface area (Å²) >= 11 is 0. The summed E-state index contributed by atoms with van der Waals surface area (Å²) in [6.45, 7) is 1.64. The van der Waals surface area contributed by atoms with E-state index in [1.807, 2.05) is 24.3 Å². The lowest BCUT2D eigenvalue weighted by Crippen LogP contribution is -2.42. The second-order valence-corrected chi connectivity index (χ2v) is 6.40. The van der Waals surface area contributed by atoms with Crippen molar-refractivity contribution in [2.45, 2.75) is 25.3 Å². The minimum Gasteiger partial charge on any atom is -0.344 e. The molecule has 1 fully saturated rings. The van der Waals surface area contributed by atoms with Gasteiger partial charge in [0.15, 0.2) is 5.82 Å². The average Bonchev–Trinajstić information content (AvgIpc) is 3.34. The maximum absolute atomic E-state index is 12.4. The van der Waals surface area contributed by atoms with E-state index in [0.717, 1.165) is 23.3 Å². The largest absolute Gasteiger partial charge is 0.344 e. The number of fused-ring (bicyclic) bond motifs is 1. The molecule has 0 spiro atoms. The Morgan fingerprint density at radius 3 is 2.88 bits per heavy atom. The van der Waals surface area contributed by atoms with Gasteiger partial charge in [0.1, 0.15) is 11.9 Å². The topological polar surface area (TPSA) is 113 Å². The van der Waals surface area contributed by atoms with Crippen LogP contribution in [0.1, 0.15) is 25.1 Å². The van der Waals surface area contributed by atoms with Crippen LogP contribution in [0.3, 0.4) is 0 Å². The van der Waals surface area contributed by atoms with Gasteiger partial charge in [0.05, 0.1) is 17.2 Å². The van der Waals surface area contributed by atoms with Crippen LogP contribution in [0.25, 0.3) is 11.0 Å². The molecule has 8 nitrogen and oxygen atoms in total. The highest BCUT2D eigenvalue weighted by molar-refractivity contribution is 5.97. The van der Waals surface area contributed by atoms with Crippen LogP contribution in [0.5, 0.6) is 0 Å². The maximum atomic E-state index is 12.4. The number of anilines is 1. The Bertz CT molecular complexity index is 921. The molecule has 1 aromatic carbocycles. The Balaban J connectivity index is 1.34. The zero-order valence-corrected chi connectivity index (χ0v) is 14.1. The number of carbonyl (C=O) groups is 2. The molecule has 3 N–H and O–H groups in total. The highest BCUT2D eigenvalue weighted by atomic mass is 16.2. The number of aromatic nitrogens is 4. The van der Waals surface area contributed by atoms with Crippen LogP contribution in [0.15, 0.2) is 42.9 Å². The number of imidazole rings is 1. The van der Waals surface area contributed by atoms with Gasteiger partial charge in [-0.1, -0.05) is 12.1 Å². The average molecular weight is 350 g/mol. The Hall–Kier alpha value is -3.29. The first-order valence-electron chi connectivity index (χ1n) is 8.43. The number of nitrogens with one attached hydrogen (secondary N) is 3. The first kappa shape index (κ1) is 16.2. The molecule has 2 amide bonds. The Morgan fingerprint density at radius 2 is 2.12 bits per heavy atom. The Kier molecular flexibility index (Phi) is 4.08. The van der Waals surface area contributed by atoms with Crippen LogP contribution in [0, 0.1) is 5.92 Å². The molecule has 3 atom stereocenters. The third-order valence-corrected chi connectivity index (χ3v) is 4.45. The molecular formula is C18H18N6O2. The van der Waals surface area contributed by atoms with Crippen LogP contribution in [-0.2, 0) is 9.59 Å². The van der Waals surface area contributed by atoms with Gasteiger partial charge in [0.2, 0.25) is 11.8 Å². The number of aromatic amines is 1. The van der Waals surface area contributed by atoms with Crippen molar-refractivity contribution >= 4 is 28.7 Å². The molecule has 0 bridgehead atoms. The van der Waals surface area contributed by atoms with E-state index in [1.165, 1.54) is 18.6 Å². The smallest absolute Gasteiger partial charge is 0.247 e. The molecule has 132 valence electrons. The van der Waals surface area contributed by atoms with Gasteiger partial charge in [-0.3, -0.25) is 14.6 Å². The monoisotopic (exact) mass is 350 g/mol. The number of benzene rings is 1. The summed E-state index contributed by atoms with van der Waals surface area (Å²) in [4.78, 5) is 40.2. The van der Waals surface area contributed by atoms with Gasteiger partial charge in [-0.15, -0.1) is 0 Å². The molecule has 1 aliphatic rings. The molecule has 4 rings (SSSR count). The first-order chi connectivity index (χ1) is 12.6. The molecule has 0 saturated heterocycles. The van der Waals surface area contributed by atoms with Gasteiger partial charge in [-0.05, 0) is 25.5 Å². The molecular weight excluding hydrogens is 332 g/mol. The number of amides is 2. The zero-order valence-electron chi connectivity index (χ0n) is 14.1. The molecule has 1 aliphatic carbocycles. The molecule has 0 aliphatic heterocycles. The van der Waals surface area contributed by atoms with Crippen molar-refractivity contribution in [3.63, 3.8) is 0 Å². The van der Waals surface area contributed by atoms with E-state index < -0.39 is 6.04 Å². The van der Waals surface area contributed by atoms with Crippen LogP contribution < -0.4 is 10.6 Å². The SMILES string of the molecule is CC(NC(=O)C1CC1c1nc2ccccc2[nH]1)C(=O)Nc1cnccn1. The third kappa shape index (κ3) is 3.26. The van der Waals surface area contributed by atoms with Gasteiger partial charge < -0.3 is 15.6 Å². The number of rotatable bonds is 5. The van der Waals surface area contributed by atoms with Crippen molar-refractivity contribution in [3.05, 3.63) is 48.7 Å². The van der Waals surface area contributed by atoms with Gasteiger partial charge in [-0.2, -0.15) is 0 Å². The van der Waals surface area contributed by atoms with E-state index in [2.05, 4.69) is 30.6 Å². The first-order valence-corrected chi connectivity index (χ1v) is 8.43. The van der Waals surface area contributed by atoms with Crippen molar-refractivity contribution in [2.75, 3.05) is 5.32 Å². The van der Waals surface area contributed by atoms with Crippen LogP contribution in [0.2, 0.25) is 0 Å². The van der Waals surface area contributed by atoms with E-state index >= 15 is 0 Å². The number of hydrogen-bond acceptors (Lipinski definition) is 5. The summed E-state index contributed by atoms with van der Waals surface area (Å²) in [7, 11) is 0. The molecule has 26 heavy (non-hydrogen) atoms. The lowest BCUT2D eigenvalue weighted by molar-refractivity contribution is -0.127. The second-order valence-electron chi connectivity index (χ2n) is 6.40. The molecule has 8 heteroatoms. The van der Waals surface area contributed by atoms with Gasteiger partial charge in [-0.25, -0.2) is 9.97 Å². The minimum absolute atomic E-state index is 0.0673. The van der Waals surface area contributed by atoms with Crippen molar-refractivity contribution in [1.82, 2.24) is 25.3 Å². The molecule has 3 aromatic rings. The predicted molar refractivity (Wildman–Crippen MR) is 95.2 cm³/mol. The summed E-state index contributed by atoms with van der Waals surface area (Å²) < 4.78 is 0. The molecule has 2 aromatic heterocycles. The van der Waals surface area contributed by atoms with Crippen molar-refractivity contribution in [1.29, 1.82) is 0 Å². The van der Waals surface area contributed by atoms with Crippen molar-refractivity contribution in [3.8, 4) is 0 Å². The van der Waals surface area contributed by atoms with Gasteiger partial charge in [0.25, 0.3) is 0 Å². The van der Waals surface area contributed by atoms with Crippen LogP contribution in [-0.4, -0.2) is 37.8 Å². The highest BCUT2D eigenvalue weighted by Gasteiger charge is 2.46. The molecule has 0 radical (unpaired) electrons. The molecule has 1 saturated carbocycles. The lowest BCUT2D eigenvalue weighted by Gasteiger charge is -2.13. The number of carbonyl (C=O) groups excluding carboxylic acids is 2. The summed E-state index contributed by atoms with van der Waals surface area (Å²) in [6.07, 6.45) is 5.18. The van der Waals surface area contributed by atoms with Crippen LogP contribution >= 0.6 is 0 Å². The van der Waals surface area contributed by atoms with E-state index in [9.17, 15) is 9.59 Å². The number of H-pyrrole nitrogens is 1. The fourth-order valence-corrected chi connectivity index (χ4v) is 2.92. The predicted octanol–water partition coefficient (Wildman–Crippen LogP) is 1.60. The lowest BCUT2D eigenvalue weighted by atomic mass is 10.2. The number of nitrogens with zero attached hydrogens (tertiary/aromatic N) is 3. The van der Waals surface area contributed by atoms with E-state index in [1.54, 1.807) is 6.92 Å². The van der Waals surface area contributed by atoms with E-state index in [-0.39, 0.29) is 23.7 Å². The second kappa shape index (κ2) is 6.55. The normalized spacial score (nSPS) is 19.7. The molecule has 3 unspecified atom stereocenters. The van der Waals surface area contributed by atoms with Gasteiger partial charge in [0, 0.05) is 24.2 Å². The van der Waals surface area contributed by atoms with E-state index in [0.29, 0.717) is 5.82 Å². The quantitative estimate of drug-likeness (QED) is 0.647. The highest BCUT2D eigenvalue weighted by Crippen LogP contribution is 2.46. The van der Waals surface area contributed by atoms with E-state index in [4.69, 9.17) is 0 Å². The summed E-state index contributed by atoms with van der Waals surface area (Å²) in [5, 5.41) is 5.38. The van der Waals surface area contributed by atoms with Crippen molar-refractivity contribution in [2.24, 2.45) is 5.92 Å². The van der Waals surface area contributed by atoms with Crippen LogP contribution in [0.4, 0.5) is 5.82 Å². The third-order valence-electron chi connectivity index (χ3n) is 4.45. The minimum atomic E-state index is -0.665. The maximum Gasteiger partial charge on any atom is 0.247 e. The number of para-hydroxylation sites is 2. The summed E-state index contributed by atoms with van der Waals surface area (Å²) in [5.74, 6) is 0.602. The fourth-order valence-electron chi connectivity index (χ4n) is 2.92. The standard InChI is InChI=1S/C18H18N6O2/c1-10(17(25)24-15-9-19-6-7-20-15)21-18(26)12-8-11(12)16-22-13-4-2-3-5-14(13)23-16/h2-7,9-12H,8H2,1H3,(H,21,26)(H,22,23)(H,20,24,25). The summed E-state index contributed by atoms with van der Waals surface area (Å²) in [6, 6.07) is 7.11.